The van der Waals surface area contributed by atoms with Crippen molar-refractivity contribution in [2.24, 2.45) is 5.73 Å². The Hall–Kier alpha value is 0.200. The van der Waals surface area contributed by atoms with Crippen LogP contribution >= 0.6 is 39.9 Å². The number of hydrogen-bond acceptors (Lipinski definition) is 2. The van der Waals surface area contributed by atoms with Gasteiger partial charge in [-0.05, 0) is 38.6 Å². The minimum atomic E-state index is -0.184. The zero-order valence-electron chi connectivity index (χ0n) is 10.3. The van der Waals surface area contributed by atoms with Crippen molar-refractivity contribution in [2.75, 3.05) is 13.6 Å². The predicted octanol–water partition coefficient (Wildman–Crippen LogP) is 3.69. The Balaban J connectivity index is 0.00000256. The number of rotatable bonds is 4. The van der Waals surface area contributed by atoms with Crippen LogP contribution in [-0.2, 0) is 6.54 Å². The Labute approximate surface area is 123 Å². The first-order valence-electron chi connectivity index (χ1n) is 5.19. The van der Waals surface area contributed by atoms with Crippen molar-refractivity contribution in [3.8, 4) is 0 Å². The van der Waals surface area contributed by atoms with Crippen LogP contribution in [0.2, 0.25) is 5.02 Å². The highest BCUT2D eigenvalue weighted by Gasteiger charge is 2.14. The third-order valence-electron chi connectivity index (χ3n) is 2.13. The van der Waals surface area contributed by atoms with Gasteiger partial charge in [0.2, 0.25) is 0 Å². The first-order valence-corrected chi connectivity index (χ1v) is 6.36. The van der Waals surface area contributed by atoms with E-state index >= 15 is 0 Å². The van der Waals surface area contributed by atoms with E-state index in [0.29, 0.717) is 0 Å². The number of benzene rings is 1. The van der Waals surface area contributed by atoms with Gasteiger partial charge in [0.1, 0.15) is 0 Å². The Morgan fingerprint density at radius 2 is 2.00 bits per heavy atom. The highest BCUT2D eigenvalue weighted by molar-refractivity contribution is 9.10. The maximum atomic E-state index is 6.16. The van der Waals surface area contributed by atoms with E-state index in [9.17, 15) is 0 Å². The van der Waals surface area contributed by atoms with Gasteiger partial charge >= 0.3 is 0 Å². The summed E-state index contributed by atoms with van der Waals surface area (Å²) in [6, 6.07) is 5.95. The SMILES string of the molecule is CN(Cc1ccc(Br)cc1Cl)CC(C)(C)N.Cl. The van der Waals surface area contributed by atoms with Crippen LogP contribution in [-0.4, -0.2) is 24.0 Å². The molecule has 2 nitrogen and oxygen atoms in total. The van der Waals surface area contributed by atoms with Gasteiger partial charge in [0.05, 0.1) is 0 Å². The molecule has 0 aliphatic carbocycles. The Morgan fingerprint density at radius 3 is 2.47 bits per heavy atom. The molecule has 0 atom stereocenters. The van der Waals surface area contributed by atoms with Crippen LogP contribution < -0.4 is 5.73 Å². The first kappa shape index (κ1) is 17.2. The zero-order chi connectivity index (χ0) is 12.3. The van der Waals surface area contributed by atoms with Gasteiger partial charge in [0.15, 0.2) is 0 Å². The van der Waals surface area contributed by atoms with Crippen LogP contribution in [0.5, 0.6) is 0 Å². The summed E-state index contributed by atoms with van der Waals surface area (Å²) in [7, 11) is 2.05. The van der Waals surface area contributed by atoms with Crippen molar-refractivity contribution in [1.82, 2.24) is 4.90 Å². The van der Waals surface area contributed by atoms with Gasteiger partial charge in [-0.15, -0.1) is 12.4 Å². The molecule has 1 rings (SSSR count). The van der Waals surface area contributed by atoms with E-state index in [2.05, 4.69) is 20.8 Å². The van der Waals surface area contributed by atoms with Gasteiger partial charge in [-0.3, -0.25) is 0 Å². The van der Waals surface area contributed by atoms with Crippen LogP contribution in [0.4, 0.5) is 0 Å². The summed E-state index contributed by atoms with van der Waals surface area (Å²) in [6.07, 6.45) is 0. The lowest BCUT2D eigenvalue weighted by atomic mass is 10.1. The summed E-state index contributed by atoms with van der Waals surface area (Å²) < 4.78 is 1.00. The Bertz CT molecular complexity index is 364. The molecule has 0 saturated carbocycles. The molecule has 0 radical (unpaired) electrons. The maximum absolute atomic E-state index is 6.16. The molecule has 0 unspecified atom stereocenters. The minimum Gasteiger partial charge on any atom is -0.324 e. The second kappa shape index (κ2) is 6.95. The molecule has 0 amide bonds. The lowest BCUT2D eigenvalue weighted by molar-refractivity contribution is 0.263. The van der Waals surface area contributed by atoms with Crippen LogP contribution in [0.1, 0.15) is 19.4 Å². The molecule has 0 aliphatic rings. The predicted molar refractivity (Wildman–Crippen MR) is 81.0 cm³/mol. The molecule has 5 heteroatoms. The number of likely N-dealkylation sites (N-methyl/N-ethyl adjacent to an activating group) is 1. The molecular weight excluding hydrogens is 323 g/mol. The van der Waals surface area contributed by atoms with Crippen LogP contribution in [0.3, 0.4) is 0 Å². The number of halogens is 3. The van der Waals surface area contributed by atoms with Gasteiger partial charge < -0.3 is 10.6 Å². The summed E-state index contributed by atoms with van der Waals surface area (Å²) in [5.74, 6) is 0. The minimum absolute atomic E-state index is 0. The maximum Gasteiger partial charge on any atom is 0.0462 e. The largest absolute Gasteiger partial charge is 0.324 e. The van der Waals surface area contributed by atoms with Crippen LogP contribution in [0, 0.1) is 0 Å². The molecule has 98 valence electrons. The van der Waals surface area contributed by atoms with Gasteiger partial charge in [-0.1, -0.05) is 33.6 Å². The van der Waals surface area contributed by atoms with Crippen molar-refractivity contribution in [2.45, 2.75) is 25.9 Å². The van der Waals surface area contributed by atoms with E-state index in [0.717, 1.165) is 28.1 Å². The van der Waals surface area contributed by atoms with Crippen molar-refractivity contribution in [3.63, 3.8) is 0 Å². The molecule has 17 heavy (non-hydrogen) atoms. The number of nitrogens with zero attached hydrogens (tertiary/aromatic N) is 1. The highest BCUT2D eigenvalue weighted by atomic mass is 79.9. The molecule has 1 aromatic rings. The molecule has 0 aromatic heterocycles. The average Bonchev–Trinajstić information content (AvgIpc) is 2.06. The fourth-order valence-electron chi connectivity index (χ4n) is 1.69. The molecule has 1 aromatic carbocycles. The molecular formula is C12H19BrCl2N2. The fourth-order valence-corrected chi connectivity index (χ4v) is 2.43. The van der Waals surface area contributed by atoms with Gasteiger partial charge in [0.25, 0.3) is 0 Å². The van der Waals surface area contributed by atoms with E-state index in [1.54, 1.807) is 0 Å². The topological polar surface area (TPSA) is 29.3 Å². The van der Waals surface area contributed by atoms with Crippen molar-refractivity contribution in [3.05, 3.63) is 33.3 Å². The van der Waals surface area contributed by atoms with Crippen molar-refractivity contribution >= 4 is 39.9 Å². The average molecular weight is 342 g/mol. The Morgan fingerprint density at radius 1 is 1.41 bits per heavy atom. The number of hydrogen-bond donors (Lipinski definition) is 1. The highest BCUT2D eigenvalue weighted by Crippen LogP contribution is 2.22. The molecule has 0 fully saturated rings. The molecule has 0 heterocycles. The van der Waals surface area contributed by atoms with E-state index in [1.807, 2.05) is 39.1 Å². The summed E-state index contributed by atoms with van der Waals surface area (Å²) in [6.45, 7) is 5.69. The quantitative estimate of drug-likeness (QED) is 0.904. The summed E-state index contributed by atoms with van der Waals surface area (Å²) >= 11 is 9.55. The molecule has 2 N–H and O–H groups in total. The third-order valence-corrected chi connectivity index (χ3v) is 2.98. The summed E-state index contributed by atoms with van der Waals surface area (Å²) in [5.41, 5.74) is 6.91. The lowest BCUT2D eigenvalue weighted by Gasteiger charge is -2.26. The summed E-state index contributed by atoms with van der Waals surface area (Å²) in [4.78, 5) is 2.18. The standard InChI is InChI=1S/C12H18BrClN2.ClH/c1-12(2,15)8-16(3)7-9-4-5-10(13)6-11(9)14;/h4-6H,7-8,15H2,1-3H3;1H. The van der Waals surface area contributed by atoms with E-state index in [-0.39, 0.29) is 17.9 Å². The molecule has 0 bridgehead atoms. The molecule has 0 spiro atoms. The lowest BCUT2D eigenvalue weighted by Crippen LogP contribution is -2.43. The van der Waals surface area contributed by atoms with Gasteiger partial charge in [-0.25, -0.2) is 0 Å². The van der Waals surface area contributed by atoms with E-state index in [4.69, 9.17) is 17.3 Å². The summed E-state index contributed by atoms with van der Waals surface area (Å²) in [5, 5.41) is 0.788. The molecule has 0 aliphatic heterocycles. The Kier molecular flexibility index (Phi) is 7.04. The van der Waals surface area contributed by atoms with E-state index in [1.165, 1.54) is 0 Å². The van der Waals surface area contributed by atoms with E-state index < -0.39 is 0 Å². The van der Waals surface area contributed by atoms with Crippen molar-refractivity contribution < 1.29 is 0 Å². The monoisotopic (exact) mass is 340 g/mol. The normalized spacial score (nSPS) is 11.5. The van der Waals surface area contributed by atoms with Gasteiger partial charge in [-0.2, -0.15) is 0 Å². The zero-order valence-corrected chi connectivity index (χ0v) is 13.5. The number of nitrogens with two attached hydrogens (primary N) is 1. The van der Waals surface area contributed by atoms with Crippen LogP contribution in [0.25, 0.3) is 0 Å². The smallest absolute Gasteiger partial charge is 0.0462 e. The molecule has 0 saturated heterocycles. The third kappa shape index (κ3) is 6.63. The second-order valence-electron chi connectivity index (χ2n) is 4.90. The second-order valence-corrected chi connectivity index (χ2v) is 6.22. The first-order chi connectivity index (χ1) is 7.28. The van der Waals surface area contributed by atoms with Crippen LogP contribution in [0.15, 0.2) is 22.7 Å². The van der Waals surface area contributed by atoms with Gasteiger partial charge in [0, 0.05) is 28.1 Å². The van der Waals surface area contributed by atoms with Crippen molar-refractivity contribution in [1.29, 1.82) is 0 Å². The fraction of sp³-hybridized carbons (Fsp3) is 0.500.